The van der Waals surface area contributed by atoms with Crippen molar-refractivity contribution < 1.29 is 28.0 Å². The molecule has 0 spiro atoms. The maximum atomic E-state index is 12.8. The Morgan fingerprint density at radius 1 is 0.938 bits per heavy atom. The average molecular weight is 695 g/mol. The lowest BCUT2D eigenvalue weighted by atomic mass is 10.1. The summed E-state index contributed by atoms with van der Waals surface area (Å²) in [5.41, 5.74) is -1.31. The molecule has 266 valence electrons. The maximum Gasteiger partial charge on any atom is 0.330 e. The zero-order valence-corrected chi connectivity index (χ0v) is 29.4. The van der Waals surface area contributed by atoms with Crippen LogP contribution in [-0.2, 0) is 28.0 Å². The minimum atomic E-state index is -1.62. The topological polar surface area (TPSA) is 192 Å². The lowest BCUT2D eigenvalue weighted by Gasteiger charge is -2.37. The molecule has 7 atom stereocenters. The smallest absolute Gasteiger partial charge is 0.330 e. The zero-order valence-electron chi connectivity index (χ0n) is 28.5. The van der Waals surface area contributed by atoms with E-state index in [1.54, 1.807) is 13.8 Å². The van der Waals surface area contributed by atoms with E-state index in [9.17, 15) is 19.2 Å². The second-order valence-corrected chi connectivity index (χ2v) is 13.9. The highest BCUT2D eigenvalue weighted by atomic mass is 31.2. The summed E-state index contributed by atoms with van der Waals surface area (Å²) in [5, 5.41) is 9.11. The van der Waals surface area contributed by atoms with Gasteiger partial charge in [0, 0.05) is 48.4 Å². The van der Waals surface area contributed by atoms with Crippen molar-refractivity contribution in [2.24, 2.45) is 0 Å². The van der Waals surface area contributed by atoms with E-state index in [4.69, 9.17) is 33.3 Å². The van der Waals surface area contributed by atoms with Gasteiger partial charge in [-0.3, -0.25) is 28.7 Å². The second kappa shape index (κ2) is 17.1. The van der Waals surface area contributed by atoms with E-state index in [1.807, 2.05) is 34.6 Å². The molecule has 17 heteroatoms. The highest BCUT2D eigenvalue weighted by molar-refractivity contribution is 7.44. The van der Waals surface area contributed by atoms with E-state index in [1.165, 1.54) is 21.5 Å². The predicted octanol–water partition coefficient (Wildman–Crippen LogP) is 2.71. The van der Waals surface area contributed by atoms with Crippen molar-refractivity contribution in [2.75, 3.05) is 20.0 Å². The number of hydrogen-bond donors (Lipinski definition) is 2. The van der Waals surface area contributed by atoms with Crippen LogP contribution in [-0.4, -0.2) is 80.3 Å². The quantitative estimate of drug-likeness (QED) is 0.149. The van der Waals surface area contributed by atoms with Crippen molar-refractivity contribution in [3.63, 3.8) is 0 Å². The number of ether oxygens (including phenoxy) is 4. The minimum absolute atomic E-state index is 0.0509. The van der Waals surface area contributed by atoms with Gasteiger partial charge in [0.05, 0.1) is 44.0 Å². The molecule has 2 aliphatic rings. The lowest BCUT2D eigenvalue weighted by Crippen LogP contribution is -2.36. The molecular weight excluding hydrogens is 647 g/mol. The fourth-order valence-corrected chi connectivity index (χ4v) is 7.61. The minimum Gasteiger partial charge on any atom is -0.353 e. The Morgan fingerprint density at radius 3 is 2.00 bits per heavy atom. The highest BCUT2D eigenvalue weighted by Crippen LogP contribution is 2.50. The van der Waals surface area contributed by atoms with Crippen LogP contribution in [0.2, 0.25) is 0 Å². The molecule has 2 N–H and O–H groups in total. The van der Waals surface area contributed by atoms with Gasteiger partial charge in [-0.15, -0.1) is 0 Å². The van der Waals surface area contributed by atoms with Crippen LogP contribution >= 0.6 is 8.53 Å². The first kappa shape index (κ1) is 37.8. The van der Waals surface area contributed by atoms with Gasteiger partial charge in [0.1, 0.15) is 25.4 Å². The second-order valence-electron chi connectivity index (χ2n) is 12.5. The van der Waals surface area contributed by atoms with Gasteiger partial charge in [0.25, 0.3) is 19.6 Å². The van der Waals surface area contributed by atoms with E-state index in [0.717, 1.165) is 0 Å². The van der Waals surface area contributed by atoms with Crippen LogP contribution in [0.5, 0.6) is 0 Å². The average Bonchev–Trinajstić information content (AvgIpc) is 3.62. The SMILES string of the molecule is CC[C@H]1O[C@@H](n2cc(C)c(=O)[nH]c2=O)C[C@@H]1OCOC[C@H]1O[C@@H](n2cc(C)c(=O)[nH]c2=O)C[C@@H]1OP(OCCC#N)N(C(C)C)C(C)C. The summed E-state index contributed by atoms with van der Waals surface area (Å²) in [6.07, 6.45) is 1.19. The molecule has 16 nitrogen and oxygen atoms in total. The van der Waals surface area contributed by atoms with Crippen molar-refractivity contribution in [1.82, 2.24) is 23.8 Å². The Balaban J connectivity index is 1.47. The van der Waals surface area contributed by atoms with E-state index < -0.39 is 55.7 Å². The first-order valence-electron chi connectivity index (χ1n) is 16.2. The summed E-state index contributed by atoms with van der Waals surface area (Å²) in [6.45, 7) is 13.5. The van der Waals surface area contributed by atoms with Crippen molar-refractivity contribution >= 4 is 8.53 Å². The fraction of sp³-hybridized carbons (Fsp3) is 0.710. The number of nitriles is 1. The Kier molecular flexibility index (Phi) is 13.5. The first-order valence-corrected chi connectivity index (χ1v) is 17.4. The third-order valence-electron chi connectivity index (χ3n) is 8.21. The number of aryl methyl sites for hydroxylation is 2. The molecule has 2 aromatic heterocycles. The van der Waals surface area contributed by atoms with Gasteiger partial charge in [-0.25, -0.2) is 14.3 Å². The summed E-state index contributed by atoms with van der Waals surface area (Å²) in [4.78, 5) is 53.7. The summed E-state index contributed by atoms with van der Waals surface area (Å²) >= 11 is 0. The number of nitrogens with zero attached hydrogens (tertiary/aromatic N) is 4. The van der Waals surface area contributed by atoms with Crippen LogP contribution in [0, 0.1) is 25.2 Å². The molecule has 0 amide bonds. The zero-order chi connectivity index (χ0) is 35.1. The van der Waals surface area contributed by atoms with E-state index in [2.05, 4.69) is 20.7 Å². The van der Waals surface area contributed by atoms with Crippen LogP contribution in [0.15, 0.2) is 31.6 Å². The highest BCUT2D eigenvalue weighted by Gasteiger charge is 2.42. The summed E-state index contributed by atoms with van der Waals surface area (Å²) < 4.78 is 42.0. The summed E-state index contributed by atoms with van der Waals surface area (Å²) in [7, 11) is -1.62. The van der Waals surface area contributed by atoms with Crippen molar-refractivity contribution in [3.8, 4) is 6.07 Å². The van der Waals surface area contributed by atoms with Crippen LogP contribution in [0.3, 0.4) is 0 Å². The number of nitrogens with one attached hydrogen (secondary N) is 2. The Hall–Kier alpha value is -3.00. The van der Waals surface area contributed by atoms with Gasteiger partial charge < -0.3 is 28.0 Å². The molecule has 2 aliphatic heterocycles. The lowest BCUT2D eigenvalue weighted by molar-refractivity contribution is -0.138. The fourth-order valence-electron chi connectivity index (χ4n) is 5.85. The molecule has 48 heavy (non-hydrogen) atoms. The van der Waals surface area contributed by atoms with Gasteiger partial charge in [-0.05, 0) is 48.0 Å². The van der Waals surface area contributed by atoms with Crippen molar-refractivity contribution in [3.05, 3.63) is 65.2 Å². The number of hydrogen-bond acceptors (Lipinski definition) is 12. The molecule has 0 aliphatic carbocycles. The Bertz CT molecular complexity index is 1640. The van der Waals surface area contributed by atoms with Gasteiger partial charge in [-0.1, -0.05) is 6.92 Å². The number of H-pyrrole nitrogens is 2. The molecule has 4 heterocycles. The summed E-state index contributed by atoms with van der Waals surface area (Å²) in [6, 6.07) is 2.24. The van der Waals surface area contributed by atoms with Crippen LogP contribution in [0.4, 0.5) is 0 Å². The molecule has 2 saturated heterocycles. The molecule has 0 radical (unpaired) electrons. The van der Waals surface area contributed by atoms with E-state index >= 15 is 0 Å². The molecule has 0 bridgehead atoms. The molecular formula is C31H47N6O10P. The number of rotatable bonds is 16. The van der Waals surface area contributed by atoms with Crippen molar-refractivity contribution in [1.29, 1.82) is 5.26 Å². The normalized spacial score (nSPS) is 24.9. The maximum absolute atomic E-state index is 12.8. The molecule has 0 aromatic carbocycles. The van der Waals surface area contributed by atoms with Crippen molar-refractivity contribution in [2.45, 2.75) is 123 Å². The molecule has 2 aromatic rings. The molecule has 2 fully saturated rings. The van der Waals surface area contributed by atoms with Gasteiger partial charge in [-0.2, -0.15) is 5.26 Å². The number of aromatic nitrogens is 4. The molecule has 4 rings (SSSR count). The van der Waals surface area contributed by atoms with Gasteiger partial charge >= 0.3 is 11.4 Å². The standard InChI is InChI=1S/C31H47N6O10P/c1-8-22-23(12-26(45-22)35-14-20(6)28(38)33-30(35)40)43-17-42-16-25-24(13-27(46-25)36-15-21(7)29(39)34-31(36)41)47-48(44-11-9-10-32)37(18(2)3)19(4)5/h14-15,18-19,22-27H,8-9,11-13,16-17H2,1-7H3,(H,33,38,40)(H,34,39,41)/t22-,23+,24+,25-,26-,27-,48?/m1/s1. The third-order valence-corrected chi connectivity index (χ3v) is 10.4. The Labute approximate surface area is 279 Å². The largest absolute Gasteiger partial charge is 0.353 e. The molecule has 0 saturated carbocycles. The number of aromatic amines is 2. The van der Waals surface area contributed by atoms with Crippen LogP contribution in [0.1, 0.15) is 83.9 Å². The van der Waals surface area contributed by atoms with Crippen LogP contribution < -0.4 is 22.5 Å². The summed E-state index contributed by atoms with van der Waals surface area (Å²) in [5.74, 6) is 0. The third kappa shape index (κ3) is 9.16. The Morgan fingerprint density at radius 2 is 1.48 bits per heavy atom. The van der Waals surface area contributed by atoms with Crippen LogP contribution in [0.25, 0.3) is 0 Å². The van der Waals surface area contributed by atoms with Gasteiger partial charge in [0.2, 0.25) is 0 Å². The predicted molar refractivity (Wildman–Crippen MR) is 175 cm³/mol. The van der Waals surface area contributed by atoms with E-state index in [-0.39, 0.29) is 57.1 Å². The molecule has 1 unspecified atom stereocenters. The first-order chi connectivity index (χ1) is 22.8. The van der Waals surface area contributed by atoms with E-state index in [0.29, 0.717) is 24.0 Å². The van der Waals surface area contributed by atoms with Gasteiger partial charge in [0.15, 0.2) is 0 Å². The monoisotopic (exact) mass is 694 g/mol.